The van der Waals surface area contributed by atoms with Crippen molar-refractivity contribution >= 4 is 39.9 Å². The molecule has 4 aromatic rings. The van der Waals surface area contributed by atoms with Crippen LogP contribution in [-0.2, 0) is 0 Å². The average molecular weight is 357 g/mol. The third kappa shape index (κ3) is 3.96. The number of aromatic nitrogens is 4. The minimum Gasteiger partial charge on any atom is -0.340 e. The molecule has 2 heterocycles. The summed E-state index contributed by atoms with van der Waals surface area (Å²) in [4.78, 5) is 28.6. The van der Waals surface area contributed by atoms with Crippen LogP contribution in [0.15, 0.2) is 73.4 Å². The van der Waals surface area contributed by atoms with Crippen molar-refractivity contribution in [2.75, 3.05) is 16.0 Å². The number of carbonyl (C=O) groups is 1. The van der Waals surface area contributed by atoms with E-state index < -0.39 is 6.03 Å². The number of anilines is 4. The fourth-order valence-corrected chi connectivity index (χ4v) is 2.56. The molecule has 3 N–H and O–H groups in total. The van der Waals surface area contributed by atoms with Crippen molar-refractivity contribution in [2.24, 2.45) is 0 Å². The van der Waals surface area contributed by atoms with Crippen molar-refractivity contribution in [3.8, 4) is 0 Å². The predicted octanol–water partition coefficient (Wildman–Crippen LogP) is 3.81. The van der Waals surface area contributed by atoms with Gasteiger partial charge in [-0.05, 0) is 30.3 Å². The molecule has 27 heavy (non-hydrogen) atoms. The molecule has 0 aliphatic carbocycles. The third-order valence-electron chi connectivity index (χ3n) is 3.73. The topological polar surface area (TPSA) is 105 Å². The Hall–Kier alpha value is -4.07. The van der Waals surface area contributed by atoms with Crippen LogP contribution in [0.2, 0.25) is 0 Å². The van der Waals surface area contributed by atoms with Gasteiger partial charge in [-0.25, -0.2) is 19.7 Å². The van der Waals surface area contributed by atoms with E-state index in [1.165, 1.54) is 24.9 Å². The number of urea groups is 1. The minimum atomic E-state index is -0.403. The monoisotopic (exact) mass is 357 g/mol. The van der Waals surface area contributed by atoms with Crippen LogP contribution in [0.5, 0.6) is 0 Å². The first kappa shape index (κ1) is 16.4. The van der Waals surface area contributed by atoms with Gasteiger partial charge in [0.15, 0.2) is 5.82 Å². The lowest BCUT2D eigenvalue weighted by Crippen LogP contribution is -2.20. The van der Waals surface area contributed by atoms with Gasteiger partial charge in [-0.3, -0.25) is 10.3 Å². The number of amides is 2. The Kier molecular flexibility index (Phi) is 4.52. The summed E-state index contributed by atoms with van der Waals surface area (Å²) >= 11 is 0. The standard InChI is InChI=1S/C19H15N7O/c27-19(26-17-11-20-8-9-21-17)25-14-5-3-4-13(10-14)24-18-15-6-1-2-7-16(15)22-12-23-18/h1-12H,(H,22,23,24)(H2,21,25,26,27). The van der Waals surface area contributed by atoms with Crippen molar-refractivity contribution in [2.45, 2.75) is 0 Å². The highest BCUT2D eigenvalue weighted by atomic mass is 16.2. The predicted molar refractivity (Wildman–Crippen MR) is 104 cm³/mol. The van der Waals surface area contributed by atoms with Crippen LogP contribution in [0, 0.1) is 0 Å². The second-order valence-electron chi connectivity index (χ2n) is 5.62. The molecule has 8 heteroatoms. The Morgan fingerprint density at radius 1 is 0.852 bits per heavy atom. The van der Waals surface area contributed by atoms with E-state index in [4.69, 9.17) is 0 Å². The Balaban J connectivity index is 1.50. The molecule has 0 saturated carbocycles. The number of fused-ring (bicyclic) bond motifs is 1. The van der Waals surface area contributed by atoms with Gasteiger partial charge >= 0.3 is 6.03 Å². The van der Waals surface area contributed by atoms with Crippen LogP contribution in [0.1, 0.15) is 0 Å². The second kappa shape index (κ2) is 7.44. The Bertz CT molecular complexity index is 1080. The molecule has 132 valence electrons. The molecular formula is C19H15N7O. The van der Waals surface area contributed by atoms with Crippen LogP contribution in [0.3, 0.4) is 0 Å². The number of hydrogen-bond donors (Lipinski definition) is 3. The van der Waals surface area contributed by atoms with Crippen molar-refractivity contribution in [3.05, 3.63) is 73.4 Å². The van der Waals surface area contributed by atoms with Gasteiger partial charge in [0.2, 0.25) is 0 Å². The van der Waals surface area contributed by atoms with Crippen molar-refractivity contribution < 1.29 is 4.79 Å². The maximum atomic E-state index is 12.1. The number of carbonyl (C=O) groups excluding carboxylic acids is 1. The highest BCUT2D eigenvalue weighted by Gasteiger charge is 2.06. The van der Waals surface area contributed by atoms with Gasteiger partial charge < -0.3 is 10.6 Å². The van der Waals surface area contributed by atoms with Crippen LogP contribution >= 0.6 is 0 Å². The van der Waals surface area contributed by atoms with E-state index in [0.29, 0.717) is 17.3 Å². The molecule has 0 aliphatic rings. The molecule has 0 aliphatic heterocycles. The summed E-state index contributed by atoms with van der Waals surface area (Å²) in [5.41, 5.74) is 2.27. The molecule has 0 saturated heterocycles. The first-order valence-electron chi connectivity index (χ1n) is 8.19. The summed E-state index contributed by atoms with van der Waals surface area (Å²) < 4.78 is 0. The van der Waals surface area contributed by atoms with E-state index in [1.807, 2.05) is 42.5 Å². The Labute approximate surface area is 154 Å². The third-order valence-corrected chi connectivity index (χ3v) is 3.73. The van der Waals surface area contributed by atoms with E-state index >= 15 is 0 Å². The molecule has 2 aromatic heterocycles. The van der Waals surface area contributed by atoms with Gasteiger partial charge in [-0.2, -0.15) is 0 Å². The van der Waals surface area contributed by atoms with E-state index in [2.05, 4.69) is 35.9 Å². The summed E-state index contributed by atoms with van der Waals surface area (Å²) in [5.74, 6) is 1.07. The second-order valence-corrected chi connectivity index (χ2v) is 5.62. The Morgan fingerprint density at radius 2 is 1.74 bits per heavy atom. The lowest BCUT2D eigenvalue weighted by Gasteiger charge is -2.11. The maximum Gasteiger partial charge on any atom is 0.324 e. The number of benzene rings is 2. The molecule has 4 rings (SSSR count). The molecule has 0 bridgehead atoms. The van der Waals surface area contributed by atoms with E-state index in [9.17, 15) is 4.79 Å². The minimum absolute atomic E-state index is 0.372. The van der Waals surface area contributed by atoms with Crippen LogP contribution in [-0.4, -0.2) is 26.0 Å². The van der Waals surface area contributed by atoms with E-state index in [0.717, 1.165) is 16.6 Å². The highest BCUT2D eigenvalue weighted by molar-refractivity contribution is 5.99. The largest absolute Gasteiger partial charge is 0.340 e. The fraction of sp³-hybridized carbons (Fsp3) is 0. The quantitative estimate of drug-likeness (QED) is 0.513. The number of rotatable bonds is 4. The van der Waals surface area contributed by atoms with Gasteiger partial charge in [-0.1, -0.05) is 18.2 Å². The molecule has 0 fully saturated rings. The molecule has 2 amide bonds. The van der Waals surface area contributed by atoms with Gasteiger partial charge in [-0.15, -0.1) is 0 Å². The number of nitrogens with one attached hydrogen (secondary N) is 3. The molecule has 0 atom stereocenters. The molecule has 2 aromatic carbocycles. The first-order valence-corrected chi connectivity index (χ1v) is 8.19. The van der Waals surface area contributed by atoms with Gasteiger partial charge in [0.1, 0.15) is 12.1 Å². The molecule has 0 radical (unpaired) electrons. The maximum absolute atomic E-state index is 12.1. The zero-order valence-electron chi connectivity index (χ0n) is 14.1. The molecular weight excluding hydrogens is 342 g/mol. The van der Waals surface area contributed by atoms with E-state index in [-0.39, 0.29) is 0 Å². The zero-order valence-corrected chi connectivity index (χ0v) is 14.1. The SMILES string of the molecule is O=C(Nc1cccc(Nc2ncnc3ccccc23)c1)Nc1cnccn1. The highest BCUT2D eigenvalue weighted by Crippen LogP contribution is 2.24. The summed E-state index contributed by atoms with van der Waals surface area (Å²) in [5, 5.41) is 9.56. The van der Waals surface area contributed by atoms with Crippen LogP contribution < -0.4 is 16.0 Å². The lowest BCUT2D eigenvalue weighted by atomic mass is 10.2. The lowest BCUT2D eigenvalue weighted by molar-refractivity contribution is 0.262. The van der Waals surface area contributed by atoms with Gasteiger partial charge in [0, 0.05) is 29.2 Å². The first-order chi connectivity index (χ1) is 13.3. The van der Waals surface area contributed by atoms with Crippen LogP contribution in [0.25, 0.3) is 10.9 Å². The molecule has 0 unspecified atom stereocenters. The number of nitrogens with zero attached hydrogens (tertiary/aromatic N) is 4. The number of para-hydroxylation sites is 1. The van der Waals surface area contributed by atoms with Crippen molar-refractivity contribution in [1.29, 1.82) is 0 Å². The van der Waals surface area contributed by atoms with Crippen LogP contribution in [0.4, 0.5) is 27.8 Å². The Morgan fingerprint density at radius 3 is 2.63 bits per heavy atom. The van der Waals surface area contributed by atoms with Crippen molar-refractivity contribution in [1.82, 2.24) is 19.9 Å². The molecule has 8 nitrogen and oxygen atoms in total. The number of hydrogen-bond acceptors (Lipinski definition) is 6. The van der Waals surface area contributed by atoms with Crippen molar-refractivity contribution in [3.63, 3.8) is 0 Å². The summed E-state index contributed by atoms with van der Waals surface area (Å²) in [6.07, 6.45) is 6.03. The molecule has 0 spiro atoms. The van der Waals surface area contributed by atoms with Gasteiger partial charge in [0.05, 0.1) is 11.7 Å². The summed E-state index contributed by atoms with van der Waals surface area (Å²) in [7, 11) is 0. The summed E-state index contributed by atoms with van der Waals surface area (Å²) in [6.45, 7) is 0. The van der Waals surface area contributed by atoms with Gasteiger partial charge in [0.25, 0.3) is 0 Å². The fourth-order valence-electron chi connectivity index (χ4n) is 2.56. The zero-order chi connectivity index (χ0) is 18.5. The smallest absolute Gasteiger partial charge is 0.324 e. The summed E-state index contributed by atoms with van der Waals surface area (Å²) in [6, 6.07) is 14.7. The normalized spacial score (nSPS) is 10.4. The average Bonchev–Trinajstić information content (AvgIpc) is 2.69. The van der Waals surface area contributed by atoms with E-state index in [1.54, 1.807) is 6.07 Å².